The number of halogens is 1. The van der Waals surface area contributed by atoms with Crippen molar-refractivity contribution in [2.24, 2.45) is 0 Å². The standard InChI is InChI=1S/C16H22N4O2.ClH/c1-17-9-6-15(21)19-10-7-12(8-11-19)20-14-5-3-2-4-13(14)18-16(20)22;/h2-5,12,17H,6-11H2,1H3,(H,18,22);1H. The first-order valence-electron chi connectivity index (χ1n) is 7.82. The van der Waals surface area contributed by atoms with Crippen LogP contribution in [-0.4, -0.2) is 47.0 Å². The average Bonchev–Trinajstić information content (AvgIpc) is 2.88. The third-order valence-electron chi connectivity index (χ3n) is 4.40. The van der Waals surface area contributed by atoms with Crippen molar-refractivity contribution in [3.8, 4) is 0 Å². The van der Waals surface area contributed by atoms with Crippen LogP contribution in [-0.2, 0) is 4.79 Å². The van der Waals surface area contributed by atoms with Crippen LogP contribution < -0.4 is 11.0 Å². The molecule has 0 spiro atoms. The zero-order valence-corrected chi connectivity index (χ0v) is 14.1. The van der Waals surface area contributed by atoms with Gasteiger partial charge in [0.2, 0.25) is 5.91 Å². The number of carbonyl (C=O) groups is 1. The van der Waals surface area contributed by atoms with Gasteiger partial charge in [-0.15, -0.1) is 12.4 Å². The van der Waals surface area contributed by atoms with Gasteiger partial charge in [0.25, 0.3) is 0 Å². The Morgan fingerprint density at radius 2 is 2.00 bits per heavy atom. The number of H-pyrrole nitrogens is 1. The molecule has 7 heteroatoms. The van der Waals surface area contributed by atoms with Crippen LogP contribution in [0.15, 0.2) is 29.1 Å². The van der Waals surface area contributed by atoms with Crippen molar-refractivity contribution in [3.63, 3.8) is 0 Å². The summed E-state index contributed by atoms with van der Waals surface area (Å²) in [7, 11) is 1.85. The molecule has 6 nitrogen and oxygen atoms in total. The zero-order valence-electron chi connectivity index (χ0n) is 13.2. The van der Waals surface area contributed by atoms with Gasteiger partial charge >= 0.3 is 5.69 Å². The molecule has 0 atom stereocenters. The van der Waals surface area contributed by atoms with Crippen LogP contribution in [0.3, 0.4) is 0 Å². The number of piperidine rings is 1. The van der Waals surface area contributed by atoms with E-state index in [2.05, 4.69) is 10.3 Å². The number of benzene rings is 1. The van der Waals surface area contributed by atoms with E-state index < -0.39 is 0 Å². The molecule has 3 rings (SSSR count). The Hall–Kier alpha value is -1.79. The zero-order chi connectivity index (χ0) is 15.5. The number of rotatable bonds is 4. The van der Waals surface area contributed by atoms with Gasteiger partial charge in [0, 0.05) is 32.1 Å². The molecule has 0 saturated carbocycles. The summed E-state index contributed by atoms with van der Waals surface area (Å²) in [5.74, 6) is 0.194. The number of nitrogens with zero attached hydrogens (tertiary/aromatic N) is 2. The number of aromatic amines is 1. The Balaban J connectivity index is 0.00000192. The maximum atomic E-state index is 12.2. The van der Waals surface area contributed by atoms with Crippen LogP contribution in [0.25, 0.3) is 11.0 Å². The van der Waals surface area contributed by atoms with Crippen molar-refractivity contribution in [2.45, 2.75) is 25.3 Å². The van der Waals surface area contributed by atoms with E-state index in [9.17, 15) is 9.59 Å². The Morgan fingerprint density at radius 1 is 1.30 bits per heavy atom. The van der Waals surface area contributed by atoms with Crippen LogP contribution in [0.5, 0.6) is 0 Å². The van der Waals surface area contributed by atoms with Crippen LogP contribution in [0, 0.1) is 0 Å². The highest BCUT2D eigenvalue weighted by Gasteiger charge is 2.25. The van der Waals surface area contributed by atoms with Crippen LogP contribution in [0.1, 0.15) is 25.3 Å². The van der Waals surface area contributed by atoms with Crippen molar-refractivity contribution in [1.82, 2.24) is 19.8 Å². The molecule has 0 bridgehead atoms. The normalized spacial score (nSPS) is 15.6. The van der Waals surface area contributed by atoms with Crippen molar-refractivity contribution >= 4 is 29.3 Å². The van der Waals surface area contributed by atoms with Crippen LogP contribution >= 0.6 is 12.4 Å². The summed E-state index contributed by atoms with van der Waals surface area (Å²) in [6.45, 7) is 2.15. The first-order chi connectivity index (χ1) is 10.7. The third-order valence-corrected chi connectivity index (χ3v) is 4.40. The van der Waals surface area contributed by atoms with Gasteiger partial charge in [0.1, 0.15) is 0 Å². The number of hydrogen-bond acceptors (Lipinski definition) is 3. The van der Waals surface area contributed by atoms with Gasteiger partial charge in [0.05, 0.1) is 11.0 Å². The molecular formula is C16H23ClN4O2. The van der Waals surface area contributed by atoms with Gasteiger partial charge in [-0.3, -0.25) is 9.36 Å². The third kappa shape index (κ3) is 3.59. The molecule has 1 amide bonds. The number of carbonyl (C=O) groups excluding carboxylic acids is 1. The Morgan fingerprint density at radius 3 is 2.70 bits per heavy atom. The first kappa shape index (κ1) is 17.6. The van der Waals surface area contributed by atoms with E-state index in [1.165, 1.54) is 0 Å². The highest BCUT2D eigenvalue weighted by Crippen LogP contribution is 2.24. The van der Waals surface area contributed by atoms with Gasteiger partial charge in [-0.2, -0.15) is 0 Å². The molecule has 0 unspecified atom stereocenters. The molecule has 2 N–H and O–H groups in total. The molecule has 1 aromatic carbocycles. The molecule has 23 heavy (non-hydrogen) atoms. The van der Waals surface area contributed by atoms with E-state index in [-0.39, 0.29) is 30.0 Å². The SMILES string of the molecule is CNCCC(=O)N1CCC(n2c(=O)[nH]c3ccccc32)CC1.Cl. The molecule has 2 heterocycles. The minimum Gasteiger partial charge on any atom is -0.343 e. The molecule has 1 fully saturated rings. The maximum absolute atomic E-state index is 12.2. The van der Waals surface area contributed by atoms with Crippen molar-refractivity contribution in [1.29, 1.82) is 0 Å². The monoisotopic (exact) mass is 338 g/mol. The number of imidazole rings is 1. The predicted octanol–water partition coefficient (Wildman–Crippen LogP) is 1.52. The second-order valence-electron chi connectivity index (χ2n) is 5.78. The topological polar surface area (TPSA) is 70.1 Å². The second-order valence-corrected chi connectivity index (χ2v) is 5.78. The summed E-state index contributed by atoms with van der Waals surface area (Å²) < 4.78 is 1.85. The van der Waals surface area contributed by atoms with Gasteiger partial charge in [-0.1, -0.05) is 12.1 Å². The minimum atomic E-state index is -0.0545. The number of amides is 1. The lowest BCUT2D eigenvalue weighted by Gasteiger charge is -2.32. The van der Waals surface area contributed by atoms with Gasteiger partial charge in [-0.25, -0.2) is 4.79 Å². The summed E-state index contributed by atoms with van der Waals surface area (Å²) in [5, 5.41) is 3.00. The number of hydrogen-bond donors (Lipinski definition) is 2. The molecule has 126 valence electrons. The van der Waals surface area contributed by atoms with Crippen molar-refractivity contribution < 1.29 is 4.79 Å². The quantitative estimate of drug-likeness (QED) is 0.888. The second kappa shape index (κ2) is 7.66. The van der Waals surface area contributed by atoms with E-state index in [1.54, 1.807) is 0 Å². The van der Waals surface area contributed by atoms with Crippen molar-refractivity contribution in [2.75, 3.05) is 26.7 Å². The summed E-state index contributed by atoms with van der Waals surface area (Å²) >= 11 is 0. The lowest BCUT2D eigenvalue weighted by Crippen LogP contribution is -2.41. The fraction of sp³-hybridized carbons (Fsp3) is 0.500. The number of para-hydroxylation sites is 2. The van der Waals surface area contributed by atoms with E-state index >= 15 is 0 Å². The molecule has 2 aromatic rings. The van der Waals surface area contributed by atoms with Crippen LogP contribution in [0.2, 0.25) is 0 Å². The summed E-state index contributed by atoms with van der Waals surface area (Å²) in [6.07, 6.45) is 2.19. The van der Waals surface area contributed by atoms with Crippen LogP contribution in [0.4, 0.5) is 0 Å². The molecule has 1 aliphatic rings. The minimum absolute atomic E-state index is 0. The summed E-state index contributed by atoms with van der Waals surface area (Å²) in [4.78, 5) is 29.1. The number of likely N-dealkylation sites (tertiary alicyclic amines) is 1. The van der Waals surface area contributed by atoms with Gasteiger partial charge in [-0.05, 0) is 32.0 Å². The highest BCUT2D eigenvalue weighted by atomic mass is 35.5. The van der Waals surface area contributed by atoms with E-state index in [0.717, 1.165) is 37.0 Å². The molecule has 1 aliphatic heterocycles. The molecular weight excluding hydrogens is 316 g/mol. The summed E-state index contributed by atoms with van der Waals surface area (Å²) in [5.41, 5.74) is 1.77. The first-order valence-corrected chi connectivity index (χ1v) is 7.82. The highest BCUT2D eigenvalue weighted by molar-refractivity contribution is 5.85. The maximum Gasteiger partial charge on any atom is 0.326 e. The largest absolute Gasteiger partial charge is 0.343 e. The summed E-state index contributed by atoms with van der Waals surface area (Å²) in [6, 6.07) is 7.92. The Kier molecular flexibility index (Phi) is 5.85. The van der Waals surface area contributed by atoms with Gasteiger partial charge < -0.3 is 15.2 Å². The fourth-order valence-electron chi connectivity index (χ4n) is 3.20. The molecule has 1 aromatic heterocycles. The lowest BCUT2D eigenvalue weighted by atomic mass is 10.0. The fourth-order valence-corrected chi connectivity index (χ4v) is 3.20. The average molecular weight is 339 g/mol. The van der Waals surface area contributed by atoms with E-state index in [0.29, 0.717) is 13.0 Å². The molecule has 1 saturated heterocycles. The Labute approximate surface area is 141 Å². The number of aromatic nitrogens is 2. The van der Waals surface area contributed by atoms with Crippen molar-refractivity contribution in [3.05, 3.63) is 34.7 Å². The number of fused-ring (bicyclic) bond motifs is 1. The number of nitrogens with one attached hydrogen (secondary N) is 2. The van der Waals surface area contributed by atoms with Gasteiger partial charge in [0.15, 0.2) is 0 Å². The predicted molar refractivity (Wildman–Crippen MR) is 93.2 cm³/mol. The van der Waals surface area contributed by atoms with E-state index in [1.807, 2.05) is 40.8 Å². The molecule has 0 aliphatic carbocycles. The lowest BCUT2D eigenvalue weighted by molar-refractivity contribution is -0.132. The van der Waals surface area contributed by atoms with E-state index in [4.69, 9.17) is 0 Å². The Bertz CT molecular complexity index is 716. The smallest absolute Gasteiger partial charge is 0.326 e. The molecule has 0 radical (unpaired) electrons.